The molecule has 3 aliphatic carbocycles. The Hall–Kier alpha value is -3.39. The second kappa shape index (κ2) is 11.1. The fourth-order valence-electron chi connectivity index (χ4n) is 7.45. The van der Waals surface area contributed by atoms with E-state index in [-0.39, 0.29) is 16.7 Å². The molecule has 216 valence electrons. The Balaban J connectivity index is 1.32. The highest BCUT2D eigenvalue weighted by molar-refractivity contribution is 7.92. The molecule has 0 radical (unpaired) electrons. The van der Waals surface area contributed by atoms with Crippen LogP contribution in [0.5, 0.6) is 5.75 Å². The van der Waals surface area contributed by atoms with E-state index < -0.39 is 32.5 Å². The average Bonchev–Trinajstić information content (AvgIpc) is 3.42. The number of likely N-dealkylation sites (tertiary alicyclic amines) is 1. The first-order chi connectivity index (χ1) is 19.8. The molecule has 0 bridgehead atoms. The van der Waals surface area contributed by atoms with Crippen molar-refractivity contribution in [2.75, 3.05) is 13.2 Å². The third kappa shape index (κ3) is 4.90. The van der Waals surface area contributed by atoms with Crippen LogP contribution in [-0.2, 0) is 30.6 Å². The summed E-state index contributed by atoms with van der Waals surface area (Å²) in [5.41, 5.74) is 1.74. The lowest BCUT2D eigenvalue weighted by molar-refractivity contribution is -0.146. The van der Waals surface area contributed by atoms with Crippen LogP contribution in [0.4, 0.5) is 0 Å². The van der Waals surface area contributed by atoms with E-state index in [0.717, 1.165) is 23.3 Å². The summed E-state index contributed by atoms with van der Waals surface area (Å²) >= 11 is 0. The summed E-state index contributed by atoms with van der Waals surface area (Å²) in [6.07, 6.45) is 12.8. The number of amides is 1. The summed E-state index contributed by atoms with van der Waals surface area (Å²) < 4.78 is 34.1. The fourth-order valence-corrected chi connectivity index (χ4v) is 9.84. The molecule has 2 fully saturated rings. The van der Waals surface area contributed by atoms with Crippen molar-refractivity contribution in [2.24, 2.45) is 17.8 Å². The molecule has 6 rings (SSSR count). The van der Waals surface area contributed by atoms with E-state index in [1.807, 2.05) is 41.3 Å². The molecule has 8 heteroatoms. The molecule has 3 atom stereocenters. The molecule has 1 aliphatic heterocycles. The first-order valence-electron chi connectivity index (χ1n) is 14.7. The molecule has 41 heavy (non-hydrogen) atoms. The van der Waals surface area contributed by atoms with Gasteiger partial charge in [0.25, 0.3) is 0 Å². The number of aryl methyl sites for hydroxylation is 1. The number of fused-ring (bicyclic) bond motifs is 3. The minimum atomic E-state index is -3.86. The highest BCUT2D eigenvalue weighted by atomic mass is 32.2. The number of hydrogen-bond acceptors (Lipinski definition) is 5. The maximum absolute atomic E-state index is 14.6. The third-order valence-corrected chi connectivity index (χ3v) is 12.2. The highest BCUT2D eigenvalue weighted by Gasteiger charge is 2.61. The van der Waals surface area contributed by atoms with Crippen LogP contribution in [0.1, 0.15) is 56.1 Å². The summed E-state index contributed by atoms with van der Waals surface area (Å²) in [5.74, 6) is -0.449. The van der Waals surface area contributed by atoms with Gasteiger partial charge in [-0.15, -0.1) is 0 Å². The van der Waals surface area contributed by atoms with Gasteiger partial charge in [-0.05, 0) is 86.8 Å². The number of nitrogens with zero attached hydrogens (tertiary/aromatic N) is 1. The Morgan fingerprint density at radius 1 is 0.976 bits per heavy atom. The smallest absolute Gasteiger partial charge is 0.306 e. The zero-order valence-corrected chi connectivity index (χ0v) is 24.0. The van der Waals surface area contributed by atoms with Crippen LogP contribution in [0.3, 0.4) is 0 Å². The van der Waals surface area contributed by atoms with Gasteiger partial charge >= 0.3 is 5.97 Å². The maximum atomic E-state index is 14.6. The first-order valence-corrected chi connectivity index (χ1v) is 16.2. The zero-order chi connectivity index (χ0) is 28.6. The number of allylic oxidation sites excluding steroid dienone is 3. The molecule has 1 heterocycles. The monoisotopic (exact) mass is 575 g/mol. The van der Waals surface area contributed by atoms with Crippen molar-refractivity contribution in [3.05, 3.63) is 84.0 Å². The lowest BCUT2D eigenvalue weighted by Crippen LogP contribution is -2.53. The second-order valence-corrected chi connectivity index (χ2v) is 14.1. The number of hydrogen-bond donors (Lipinski definition) is 1. The fraction of sp³-hybridized carbons (Fsp3) is 0.455. The van der Waals surface area contributed by atoms with E-state index in [0.29, 0.717) is 64.0 Å². The Morgan fingerprint density at radius 2 is 1.73 bits per heavy atom. The molecule has 1 amide bonds. The first kappa shape index (κ1) is 27.8. The molecule has 2 aromatic carbocycles. The minimum absolute atomic E-state index is 0.0260. The van der Waals surface area contributed by atoms with E-state index in [4.69, 9.17) is 4.74 Å². The Bertz CT molecular complexity index is 1470. The molecule has 7 nitrogen and oxygen atoms in total. The summed E-state index contributed by atoms with van der Waals surface area (Å²) in [7, 11) is -3.86. The van der Waals surface area contributed by atoms with Gasteiger partial charge in [0, 0.05) is 18.4 Å². The Morgan fingerprint density at radius 3 is 2.44 bits per heavy atom. The molecule has 1 N–H and O–H groups in total. The van der Waals surface area contributed by atoms with E-state index in [1.165, 1.54) is 0 Å². The average molecular weight is 576 g/mol. The van der Waals surface area contributed by atoms with Crippen molar-refractivity contribution in [3.8, 4) is 5.75 Å². The largest absolute Gasteiger partial charge is 0.493 e. The molecule has 0 aromatic heterocycles. The lowest BCUT2D eigenvalue weighted by Gasteiger charge is -2.43. The van der Waals surface area contributed by atoms with Gasteiger partial charge in [0.1, 0.15) is 10.5 Å². The topological polar surface area (TPSA) is 101 Å². The standard InChI is InChI=1S/C33H37NO6S/c35-31(24-11-13-25(14-12-24)32(36)37)34-20-19-33(41(38,39)28-9-5-2-6-10-28)29-17-16-27(21-26(29)15-18-30(33)34)40-22-23-7-3-1-4-8-23/h1-7,9-10,16-17,21,23-25,30H,8,11-15,18-20,22H2,(H,36,37)/t23?,24-,25-,30-,33-/m1/s1. The minimum Gasteiger partial charge on any atom is -0.493 e. The number of carbonyl (C=O) groups excluding carboxylic acids is 1. The summed E-state index contributed by atoms with van der Waals surface area (Å²) in [4.78, 5) is 27.4. The highest BCUT2D eigenvalue weighted by Crippen LogP contribution is 2.53. The van der Waals surface area contributed by atoms with Crippen LogP contribution in [0, 0.1) is 17.8 Å². The zero-order valence-electron chi connectivity index (χ0n) is 23.2. The number of ether oxygens (including phenoxy) is 1. The summed E-state index contributed by atoms with van der Waals surface area (Å²) in [6.45, 7) is 0.926. The lowest BCUT2D eigenvalue weighted by atomic mass is 9.77. The van der Waals surface area contributed by atoms with Gasteiger partial charge in [0.05, 0.1) is 23.5 Å². The molecule has 0 spiro atoms. The number of rotatable bonds is 7. The molecular weight excluding hydrogens is 538 g/mol. The number of carboxylic acids is 1. The van der Waals surface area contributed by atoms with Crippen LogP contribution in [0.25, 0.3) is 0 Å². The van der Waals surface area contributed by atoms with Gasteiger partial charge in [-0.3, -0.25) is 9.59 Å². The van der Waals surface area contributed by atoms with Gasteiger partial charge in [-0.2, -0.15) is 0 Å². The molecule has 4 aliphatic rings. The van der Waals surface area contributed by atoms with Gasteiger partial charge in [0.15, 0.2) is 9.84 Å². The number of sulfone groups is 1. The predicted octanol–water partition coefficient (Wildman–Crippen LogP) is 5.31. The SMILES string of the molecule is O=C(O)[C@H]1CC[C@H](C(=O)N2CC[C@@]3(S(=O)(=O)c4ccccc4)c4ccc(OCC5C=CC=CC5)cc4CC[C@@H]23)CC1. The summed E-state index contributed by atoms with van der Waals surface area (Å²) in [5, 5.41) is 9.40. The van der Waals surface area contributed by atoms with Crippen LogP contribution in [-0.4, -0.2) is 49.5 Å². The van der Waals surface area contributed by atoms with Crippen molar-refractivity contribution in [2.45, 2.75) is 67.1 Å². The number of aliphatic carboxylic acids is 1. The Labute approximate surface area is 241 Å². The van der Waals surface area contributed by atoms with Crippen molar-refractivity contribution in [1.29, 1.82) is 0 Å². The normalized spacial score (nSPS) is 29.0. The van der Waals surface area contributed by atoms with Crippen molar-refractivity contribution in [3.63, 3.8) is 0 Å². The van der Waals surface area contributed by atoms with Gasteiger partial charge in [0.2, 0.25) is 5.91 Å². The second-order valence-electron chi connectivity index (χ2n) is 11.9. The van der Waals surface area contributed by atoms with Crippen LogP contribution in [0.15, 0.2) is 77.7 Å². The number of carboxylic acid groups (broad SMARTS) is 1. The quantitative estimate of drug-likeness (QED) is 0.481. The van der Waals surface area contributed by atoms with Crippen molar-refractivity contribution >= 4 is 21.7 Å². The van der Waals surface area contributed by atoms with Crippen LogP contribution >= 0.6 is 0 Å². The summed E-state index contributed by atoms with van der Waals surface area (Å²) in [6, 6.07) is 13.9. The third-order valence-electron chi connectivity index (χ3n) is 9.63. The van der Waals surface area contributed by atoms with Crippen LogP contribution < -0.4 is 4.74 Å². The van der Waals surface area contributed by atoms with E-state index in [1.54, 1.807) is 24.3 Å². The van der Waals surface area contributed by atoms with E-state index in [9.17, 15) is 23.1 Å². The van der Waals surface area contributed by atoms with E-state index >= 15 is 0 Å². The maximum Gasteiger partial charge on any atom is 0.306 e. The van der Waals surface area contributed by atoms with Crippen molar-refractivity contribution < 1.29 is 27.9 Å². The van der Waals surface area contributed by atoms with Gasteiger partial charge in [-0.25, -0.2) is 8.42 Å². The van der Waals surface area contributed by atoms with Crippen LogP contribution in [0.2, 0.25) is 0 Å². The van der Waals surface area contributed by atoms with Gasteiger partial charge < -0.3 is 14.7 Å². The van der Waals surface area contributed by atoms with Crippen molar-refractivity contribution in [1.82, 2.24) is 4.90 Å². The predicted molar refractivity (Wildman–Crippen MR) is 155 cm³/mol. The molecular formula is C33H37NO6S. The molecule has 1 unspecified atom stereocenters. The van der Waals surface area contributed by atoms with E-state index in [2.05, 4.69) is 12.2 Å². The van der Waals surface area contributed by atoms with Gasteiger partial charge in [-0.1, -0.05) is 48.6 Å². The molecule has 1 saturated carbocycles. The number of benzene rings is 2. The molecule has 1 saturated heterocycles. The number of carbonyl (C=O) groups is 2. The molecule has 2 aromatic rings. The Kier molecular flexibility index (Phi) is 7.53.